The van der Waals surface area contributed by atoms with E-state index in [2.05, 4.69) is 10.3 Å². The van der Waals surface area contributed by atoms with E-state index >= 15 is 0 Å². The van der Waals surface area contributed by atoms with Crippen LogP contribution >= 0.6 is 0 Å². The van der Waals surface area contributed by atoms with Gasteiger partial charge in [-0.05, 0) is 37.7 Å². The van der Waals surface area contributed by atoms with Gasteiger partial charge in [0.25, 0.3) is 0 Å². The van der Waals surface area contributed by atoms with Crippen molar-refractivity contribution in [3.05, 3.63) is 24.6 Å². The molecule has 5 heteroatoms. The van der Waals surface area contributed by atoms with Crippen LogP contribution in [0, 0.1) is 11.3 Å². The largest absolute Gasteiger partial charge is 0.405 e. The second-order valence-corrected chi connectivity index (χ2v) is 3.73. The fourth-order valence-electron chi connectivity index (χ4n) is 1.69. The quantitative estimate of drug-likeness (QED) is 0.407. The lowest BCUT2D eigenvalue weighted by molar-refractivity contribution is 0.459. The van der Waals surface area contributed by atoms with Crippen molar-refractivity contribution in [3.63, 3.8) is 0 Å². The van der Waals surface area contributed by atoms with Crippen LogP contribution in [0.2, 0.25) is 0 Å². The van der Waals surface area contributed by atoms with Crippen LogP contribution in [-0.2, 0) is 0 Å². The van der Waals surface area contributed by atoms with Crippen LogP contribution in [0.5, 0.6) is 0 Å². The van der Waals surface area contributed by atoms with E-state index in [4.69, 9.17) is 16.9 Å². The summed E-state index contributed by atoms with van der Waals surface area (Å²) in [6.45, 7) is 2.00. The Bertz CT molecular complexity index is 310. The minimum absolute atomic E-state index is 0.00148. The van der Waals surface area contributed by atoms with Gasteiger partial charge >= 0.3 is 0 Å². The zero-order valence-electron chi connectivity index (χ0n) is 9.32. The molecule has 0 aromatic heterocycles. The lowest BCUT2D eigenvalue weighted by atomic mass is 9.94. The summed E-state index contributed by atoms with van der Waals surface area (Å²) in [5.41, 5.74) is 11.5. The number of aliphatic imine (C=N–C) groups is 1. The topological polar surface area (TPSA) is 100 Å². The Balaban J connectivity index is 2.68. The maximum atomic E-state index is 7.05. The molecule has 1 aliphatic rings. The first-order valence-electron chi connectivity index (χ1n) is 5.41. The molecule has 0 bridgehead atoms. The number of nitrogens with one attached hydrogen (secondary N) is 2. The zero-order chi connectivity index (χ0) is 11.8. The summed E-state index contributed by atoms with van der Waals surface area (Å²) >= 11 is 0. The molecule has 1 rings (SSSR count). The van der Waals surface area contributed by atoms with E-state index in [1.165, 1.54) is 12.3 Å². The molecule has 0 spiro atoms. The van der Waals surface area contributed by atoms with E-state index < -0.39 is 0 Å². The van der Waals surface area contributed by atoms with Crippen LogP contribution in [0.15, 0.2) is 29.5 Å². The van der Waals surface area contributed by atoms with Crippen LogP contribution in [-0.4, -0.2) is 24.6 Å². The highest BCUT2D eigenvalue weighted by Gasteiger charge is 2.16. The molecule has 0 aromatic carbocycles. The Hall–Kier alpha value is -1.62. The van der Waals surface area contributed by atoms with Crippen LogP contribution in [0.25, 0.3) is 0 Å². The maximum Gasteiger partial charge on any atom is 0.116 e. The molecule has 0 saturated carbocycles. The minimum Gasteiger partial charge on any atom is -0.405 e. The van der Waals surface area contributed by atoms with Gasteiger partial charge in [0.2, 0.25) is 0 Å². The molecule has 1 unspecified atom stereocenters. The highest BCUT2D eigenvalue weighted by Crippen LogP contribution is 2.13. The molecule has 0 amide bonds. The highest BCUT2D eigenvalue weighted by atomic mass is 14.9. The number of piperidine rings is 1. The molecule has 1 fully saturated rings. The monoisotopic (exact) mass is 221 g/mol. The van der Waals surface area contributed by atoms with Crippen molar-refractivity contribution < 1.29 is 0 Å². The van der Waals surface area contributed by atoms with Crippen molar-refractivity contribution >= 4 is 11.5 Å². The van der Waals surface area contributed by atoms with Gasteiger partial charge in [0.05, 0.1) is 0 Å². The van der Waals surface area contributed by atoms with Crippen molar-refractivity contribution in [2.24, 2.45) is 22.4 Å². The summed E-state index contributed by atoms with van der Waals surface area (Å²) in [6, 6.07) is 0. The Morgan fingerprint density at radius 2 is 2.25 bits per heavy atom. The van der Waals surface area contributed by atoms with E-state index in [1.807, 2.05) is 6.08 Å². The number of allylic oxidation sites excluding steroid dienone is 1. The normalized spacial score (nSPS) is 23.0. The smallest absolute Gasteiger partial charge is 0.116 e. The SMILES string of the molecule is N=C(N)/C=C/N=C(\C=C\N)C1CCCNC1. The fraction of sp³-hybridized carbons (Fsp3) is 0.455. The van der Waals surface area contributed by atoms with E-state index in [9.17, 15) is 0 Å². The van der Waals surface area contributed by atoms with E-state index in [0.29, 0.717) is 5.92 Å². The van der Waals surface area contributed by atoms with E-state index in [1.54, 1.807) is 6.20 Å². The van der Waals surface area contributed by atoms with Crippen LogP contribution < -0.4 is 16.8 Å². The molecule has 16 heavy (non-hydrogen) atoms. The van der Waals surface area contributed by atoms with Gasteiger partial charge in [-0.3, -0.25) is 10.4 Å². The van der Waals surface area contributed by atoms with Gasteiger partial charge in [-0.15, -0.1) is 0 Å². The molecule has 6 N–H and O–H groups in total. The molecule has 5 nitrogen and oxygen atoms in total. The predicted octanol–water partition coefficient (Wildman–Crippen LogP) is 0.349. The third kappa shape index (κ3) is 4.27. The van der Waals surface area contributed by atoms with Gasteiger partial charge in [-0.2, -0.15) is 0 Å². The van der Waals surface area contributed by atoms with Gasteiger partial charge < -0.3 is 16.8 Å². The van der Waals surface area contributed by atoms with Crippen LogP contribution in [0.4, 0.5) is 0 Å². The molecule has 0 aliphatic carbocycles. The Labute approximate surface area is 95.8 Å². The van der Waals surface area contributed by atoms with Gasteiger partial charge in [-0.1, -0.05) is 0 Å². The van der Waals surface area contributed by atoms with E-state index in [-0.39, 0.29) is 5.84 Å². The summed E-state index contributed by atoms with van der Waals surface area (Å²) in [4.78, 5) is 4.29. The van der Waals surface area contributed by atoms with Crippen molar-refractivity contribution in [3.8, 4) is 0 Å². The summed E-state index contributed by atoms with van der Waals surface area (Å²) in [7, 11) is 0. The standard InChI is InChI=1S/C11H19N5/c12-5-3-10(16-7-4-11(13)14)9-2-1-6-15-8-9/h3-5,7,9,15H,1-2,6,8,12H2,(H3,13,14)/b5-3+,7-4+,16-10+. The zero-order valence-corrected chi connectivity index (χ0v) is 9.32. The Morgan fingerprint density at radius 3 is 2.81 bits per heavy atom. The Morgan fingerprint density at radius 1 is 1.44 bits per heavy atom. The summed E-state index contributed by atoms with van der Waals surface area (Å²) in [5, 5.41) is 10.4. The molecule has 1 atom stereocenters. The number of hydrogen-bond donors (Lipinski definition) is 4. The number of rotatable bonds is 4. The minimum atomic E-state index is 0.00148. The molecular weight excluding hydrogens is 202 g/mol. The first kappa shape index (κ1) is 12.4. The second-order valence-electron chi connectivity index (χ2n) is 3.73. The van der Waals surface area contributed by atoms with Crippen molar-refractivity contribution in [1.82, 2.24) is 5.32 Å². The molecular formula is C11H19N5. The second kappa shape index (κ2) is 6.79. The van der Waals surface area contributed by atoms with Gasteiger partial charge in [0.1, 0.15) is 5.84 Å². The van der Waals surface area contributed by atoms with Crippen molar-refractivity contribution in [2.75, 3.05) is 13.1 Å². The van der Waals surface area contributed by atoms with E-state index in [0.717, 1.165) is 31.6 Å². The average molecular weight is 221 g/mol. The molecule has 0 radical (unpaired) electrons. The van der Waals surface area contributed by atoms with Crippen LogP contribution in [0.1, 0.15) is 12.8 Å². The summed E-state index contributed by atoms with van der Waals surface area (Å²) < 4.78 is 0. The fourth-order valence-corrected chi connectivity index (χ4v) is 1.69. The molecule has 1 heterocycles. The number of hydrogen-bond acceptors (Lipinski definition) is 4. The highest BCUT2D eigenvalue weighted by molar-refractivity contribution is 5.98. The van der Waals surface area contributed by atoms with Crippen molar-refractivity contribution in [2.45, 2.75) is 12.8 Å². The summed E-state index contributed by atoms with van der Waals surface area (Å²) in [5.74, 6) is 0.395. The molecule has 1 aliphatic heterocycles. The first-order valence-corrected chi connectivity index (χ1v) is 5.41. The lowest BCUT2D eigenvalue weighted by Gasteiger charge is -2.22. The summed E-state index contributed by atoms with van der Waals surface area (Å²) in [6.07, 6.45) is 8.58. The lowest BCUT2D eigenvalue weighted by Crippen LogP contribution is -2.33. The average Bonchev–Trinajstić information content (AvgIpc) is 2.29. The van der Waals surface area contributed by atoms with Gasteiger partial charge in [0.15, 0.2) is 0 Å². The van der Waals surface area contributed by atoms with Gasteiger partial charge in [-0.25, -0.2) is 0 Å². The Kier molecular flexibility index (Phi) is 5.28. The third-order valence-corrected chi connectivity index (χ3v) is 2.46. The number of nitrogens with zero attached hydrogens (tertiary/aromatic N) is 1. The molecule has 1 saturated heterocycles. The molecule has 88 valence electrons. The first-order chi connectivity index (χ1) is 7.74. The third-order valence-electron chi connectivity index (χ3n) is 2.46. The van der Waals surface area contributed by atoms with Gasteiger partial charge in [0, 0.05) is 24.4 Å². The number of amidine groups is 1. The van der Waals surface area contributed by atoms with Crippen molar-refractivity contribution in [1.29, 1.82) is 5.41 Å². The molecule has 0 aromatic rings. The van der Waals surface area contributed by atoms with Crippen LogP contribution in [0.3, 0.4) is 0 Å². The number of nitrogens with two attached hydrogens (primary N) is 2. The maximum absolute atomic E-state index is 7.05. The predicted molar refractivity (Wildman–Crippen MR) is 67.4 cm³/mol.